The topological polar surface area (TPSA) is 25.4 Å². The van der Waals surface area contributed by atoms with Crippen LogP contribution in [0.15, 0.2) is 18.3 Å². The van der Waals surface area contributed by atoms with Gasteiger partial charge in [-0.2, -0.15) is 0 Å². The van der Waals surface area contributed by atoms with E-state index < -0.39 is 0 Å². The minimum atomic E-state index is 0.572. The minimum absolute atomic E-state index is 0.572. The first-order valence-electron chi connectivity index (χ1n) is 8.04. The third kappa shape index (κ3) is 5.06. The van der Waals surface area contributed by atoms with Crippen molar-refractivity contribution in [3.05, 3.63) is 24.0 Å². The summed E-state index contributed by atoms with van der Waals surface area (Å²) in [6.45, 7) is 4.05. The van der Waals surface area contributed by atoms with Crippen LogP contribution in [-0.2, 0) is 6.42 Å². The van der Waals surface area contributed by atoms with Crippen LogP contribution < -0.4 is 4.74 Å². The molecule has 2 heterocycles. The van der Waals surface area contributed by atoms with Crippen molar-refractivity contribution >= 4 is 0 Å². The van der Waals surface area contributed by atoms with Crippen molar-refractivity contribution in [1.29, 1.82) is 0 Å². The van der Waals surface area contributed by atoms with Gasteiger partial charge in [0.1, 0.15) is 12.4 Å². The molecular formula is C18H26N2O. The zero-order valence-corrected chi connectivity index (χ0v) is 13.3. The molecule has 0 N–H and O–H groups in total. The molecule has 1 saturated heterocycles. The highest BCUT2D eigenvalue weighted by Gasteiger charge is 2.24. The van der Waals surface area contributed by atoms with Gasteiger partial charge in [0.15, 0.2) is 0 Å². The number of likely N-dealkylation sites (tertiary alicyclic amines) is 1. The number of nitrogens with zero attached hydrogens (tertiary/aromatic N) is 2. The van der Waals surface area contributed by atoms with Crippen LogP contribution in [0.5, 0.6) is 5.75 Å². The van der Waals surface area contributed by atoms with Crippen molar-refractivity contribution in [2.75, 3.05) is 20.2 Å². The summed E-state index contributed by atoms with van der Waals surface area (Å²) in [5, 5.41) is 0. The van der Waals surface area contributed by atoms with E-state index in [0.29, 0.717) is 6.04 Å². The van der Waals surface area contributed by atoms with Crippen molar-refractivity contribution in [3.63, 3.8) is 0 Å². The number of aryl methyl sites for hydroxylation is 1. The third-order valence-corrected chi connectivity index (χ3v) is 3.99. The predicted molar refractivity (Wildman–Crippen MR) is 86.4 cm³/mol. The number of ether oxygens (including phenoxy) is 1. The Morgan fingerprint density at radius 1 is 1.38 bits per heavy atom. The number of likely N-dealkylation sites (N-methyl/N-ethyl adjacent to an activating group) is 1. The van der Waals surface area contributed by atoms with Crippen molar-refractivity contribution in [3.8, 4) is 17.6 Å². The summed E-state index contributed by atoms with van der Waals surface area (Å²) in [4.78, 5) is 6.81. The minimum Gasteiger partial charge on any atom is -0.490 e. The first-order chi connectivity index (χ1) is 10.3. The second-order valence-electron chi connectivity index (χ2n) is 5.60. The van der Waals surface area contributed by atoms with Gasteiger partial charge in [-0.25, -0.2) is 0 Å². The molecule has 1 fully saturated rings. The zero-order chi connectivity index (χ0) is 14.9. The fourth-order valence-corrected chi connectivity index (χ4v) is 2.43. The number of rotatable bonds is 7. The van der Waals surface area contributed by atoms with E-state index in [9.17, 15) is 0 Å². The molecule has 0 unspecified atom stereocenters. The van der Waals surface area contributed by atoms with Gasteiger partial charge in [-0.05, 0) is 51.4 Å². The lowest BCUT2D eigenvalue weighted by atomic mass is 10.1. The molecule has 3 nitrogen and oxygen atoms in total. The van der Waals surface area contributed by atoms with Crippen molar-refractivity contribution < 1.29 is 4.74 Å². The summed E-state index contributed by atoms with van der Waals surface area (Å²) in [6, 6.07) is 4.57. The summed E-state index contributed by atoms with van der Waals surface area (Å²) in [5.74, 6) is 7.26. The number of hydrogen-bond donors (Lipinski definition) is 0. The molecule has 1 aliphatic heterocycles. The molecule has 114 valence electrons. The van der Waals surface area contributed by atoms with Gasteiger partial charge in [-0.1, -0.05) is 6.92 Å². The molecule has 0 radical (unpaired) electrons. The number of pyridine rings is 1. The van der Waals surface area contributed by atoms with E-state index in [2.05, 4.69) is 35.7 Å². The summed E-state index contributed by atoms with van der Waals surface area (Å²) in [7, 11) is 2.15. The van der Waals surface area contributed by atoms with E-state index in [1.165, 1.54) is 13.0 Å². The summed E-state index contributed by atoms with van der Waals surface area (Å²) in [5.41, 5.74) is 1.09. The maximum Gasteiger partial charge on any atom is 0.140 e. The van der Waals surface area contributed by atoms with Gasteiger partial charge in [0.2, 0.25) is 0 Å². The van der Waals surface area contributed by atoms with Crippen LogP contribution >= 0.6 is 0 Å². The number of unbranched alkanes of at least 4 members (excludes halogenated alkanes) is 2. The van der Waals surface area contributed by atoms with Crippen LogP contribution in [0.1, 0.15) is 44.7 Å². The average molecular weight is 286 g/mol. The van der Waals surface area contributed by atoms with Gasteiger partial charge in [-0.3, -0.25) is 9.88 Å². The third-order valence-electron chi connectivity index (χ3n) is 3.99. The molecule has 1 atom stereocenters. The lowest BCUT2D eigenvalue weighted by Gasteiger charge is -2.37. The first-order valence-corrected chi connectivity index (χ1v) is 8.04. The molecule has 2 rings (SSSR count). The highest BCUT2D eigenvalue weighted by atomic mass is 16.5. The van der Waals surface area contributed by atoms with Crippen LogP contribution in [0.25, 0.3) is 0 Å². The molecule has 0 aromatic carbocycles. The van der Waals surface area contributed by atoms with E-state index in [1.54, 1.807) is 0 Å². The fourth-order valence-electron chi connectivity index (χ4n) is 2.43. The zero-order valence-electron chi connectivity index (χ0n) is 13.3. The molecule has 3 heteroatoms. The Bertz CT molecular complexity index is 489. The molecule has 0 amide bonds. The summed E-state index contributed by atoms with van der Waals surface area (Å²) < 4.78 is 5.97. The van der Waals surface area contributed by atoms with Gasteiger partial charge in [0.25, 0.3) is 0 Å². The second kappa shape index (κ2) is 8.69. The van der Waals surface area contributed by atoms with Crippen molar-refractivity contribution in [2.24, 2.45) is 0 Å². The SMILES string of the molecule is CCC#CCCCCc1ncccc1OC[C@@H]1CCN1C. The van der Waals surface area contributed by atoms with Crippen molar-refractivity contribution in [2.45, 2.75) is 51.5 Å². The Morgan fingerprint density at radius 3 is 3.00 bits per heavy atom. The second-order valence-corrected chi connectivity index (χ2v) is 5.60. The Labute approximate surface area is 128 Å². The van der Waals surface area contributed by atoms with Crippen LogP contribution in [0.2, 0.25) is 0 Å². The van der Waals surface area contributed by atoms with Crippen LogP contribution in [0.4, 0.5) is 0 Å². The Balaban J connectivity index is 1.76. The van der Waals surface area contributed by atoms with Crippen LogP contribution in [-0.4, -0.2) is 36.1 Å². The lowest BCUT2D eigenvalue weighted by molar-refractivity contribution is 0.0763. The molecule has 0 bridgehead atoms. The van der Waals surface area contributed by atoms with E-state index in [-0.39, 0.29) is 0 Å². The molecule has 1 aromatic rings. The number of aromatic nitrogens is 1. The molecule has 0 saturated carbocycles. The van der Waals surface area contributed by atoms with Crippen LogP contribution in [0.3, 0.4) is 0 Å². The fraction of sp³-hybridized carbons (Fsp3) is 0.611. The maximum atomic E-state index is 5.97. The standard InChI is InChI=1S/C18H26N2O/c1-3-4-5-6-7-8-10-17-18(11-9-13-19-17)21-15-16-12-14-20(16)2/h9,11,13,16H,3,6-8,10,12,14-15H2,1-2H3/t16-/m0/s1. The van der Waals surface area contributed by atoms with Gasteiger partial charge in [-0.15, -0.1) is 11.8 Å². The predicted octanol–water partition coefficient (Wildman–Crippen LogP) is 3.29. The monoisotopic (exact) mass is 286 g/mol. The molecular weight excluding hydrogens is 260 g/mol. The quantitative estimate of drug-likeness (QED) is 0.568. The van der Waals surface area contributed by atoms with Gasteiger partial charge >= 0.3 is 0 Å². The van der Waals surface area contributed by atoms with E-state index in [4.69, 9.17) is 4.74 Å². The van der Waals surface area contributed by atoms with Crippen molar-refractivity contribution in [1.82, 2.24) is 9.88 Å². The normalized spacial score (nSPS) is 17.7. The number of hydrogen-bond acceptors (Lipinski definition) is 3. The Hall–Kier alpha value is -1.53. The van der Waals surface area contributed by atoms with Gasteiger partial charge in [0, 0.05) is 25.1 Å². The molecule has 1 aliphatic rings. The molecule has 1 aromatic heterocycles. The molecule has 21 heavy (non-hydrogen) atoms. The van der Waals surface area contributed by atoms with E-state index in [0.717, 1.165) is 50.2 Å². The summed E-state index contributed by atoms with van der Waals surface area (Å²) >= 11 is 0. The highest BCUT2D eigenvalue weighted by Crippen LogP contribution is 2.21. The van der Waals surface area contributed by atoms with E-state index in [1.807, 2.05) is 18.3 Å². The lowest BCUT2D eigenvalue weighted by Crippen LogP contribution is -2.48. The van der Waals surface area contributed by atoms with E-state index >= 15 is 0 Å². The largest absolute Gasteiger partial charge is 0.490 e. The average Bonchev–Trinajstić information content (AvgIpc) is 2.50. The maximum absolute atomic E-state index is 5.97. The first kappa shape index (κ1) is 15.9. The highest BCUT2D eigenvalue weighted by molar-refractivity contribution is 5.27. The van der Waals surface area contributed by atoms with Crippen LogP contribution in [0, 0.1) is 11.8 Å². The Kier molecular flexibility index (Phi) is 6.56. The van der Waals surface area contributed by atoms with Gasteiger partial charge < -0.3 is 4.74 Å². The molecule has 0 spiro atoms. The van der Waals surface area contributed by atoms with Gasteiger partial charge in [0.05, 0.1) is 5.69 Å². The summed E-state index contributed by atoms with van der Waals surface area (Å²) in [6.07, 6.45) is 8.27. The Morgan fingerprint density at radius 2 is 2.29 bits per heavy atom. The molecule has 0 aliphatic carbocycles. The smallest absolute Gasteiger partial charge is 0.140 e.